The molecule has 1 aromatic rings. The molecule has 8 nitrogen and oxygen atoms in total. The number of fused-ring (bicyclic) bond motifs is 1. The smallest absolute Gasteiger partial charge is 0.338 e. The maximum Gasteiger partial charge on any atom is 0.338 e. The molecule has 2 aliphatic rings. The third-order valence-electron chi connectivity index (χ3n) is 8.03. The Balaban J connectivity index is 2.13. The lowest BCUT2D eigenvalue weighted by molar-refractivity contribution is -0.173. The van der Waals surface area contributed by atoms with E-state index >= 15 is 0 Å². The van der Waals surface area contributed by atoms with Crippen molar-refractivity contribution in [3.63, 3.8) is 0 Å². The standard InChI is InChI=1S/C31H42O8/c1-18-13-14-30(6,7)26(37-21(4)32)16-25(34)19(2)15-24-27(39-29(35)23-11-9-8-10-12-23)20(3)17-31(24,36)28(18)38-22(5)33/h8-15,18,20,24-28,34,36H,16-17H2,1-7H3/b14-13-,19-15-/t18-,20-,24-,25+,26+,27-,28-,31+/m0/s1. The molecule has 1 aromatic carbocycles. The summed E-state index contributed by atoms with van der Waals surface area (Å²) < 4.78 is 17.4. The summed E-state index contributed by atoms with van der Waals surface area (Å²) in [7, 11) is 0. The number of hydrogen-bond acceptors (Lipinski definition) is 8. The Morgan fingerprint density at radius 1 is 0.974 bits per heavy atom. The van der Waals surface area contributed by atoms with Crippen LogP contribution in [-0.4, -0.2) is 58.1 Å². The summed E-state index contributed by atoms with van der Waals surface area (Å²) >= 11 is 0. The zero-order valence-electron chi connectivity index (χ0n) is 23.9. The molecule has 0 unspecified atom stereocenters. The monoisotopic (exact) mass is 542 g/mol. The normalized spacial score (nSPS) is 36.6. The van der Waals surface area contributed by atoms with Gasteiger partial charge in [0.2, 0.25) is 0 Å². The van der Waals surface area contributed by atoms with Gasteiger partial charge in [-0.15, -0.1) is 0 Å². The first-order chi connectivity index (χ1) is 18.2. The quantitative estimate of drug-likeness (QED) is 0.327. The Bertz CT molecular complexity index is 1110. The highest BCUT2D eigenvalue weighted by molar-refractivity contribution is 5.89. The summed E-state index contributed by atoms with van der Waals surface area (Å²) in [5.74, 6) is -3.03. The second-order valence-corrected chi connectivity index (χ2v) is 11.8. The lowest BCUT2D eigenvalue weighted by atomic mass is 9.75. The molecule has 0 amide bonds. The van der Waals surface area contributed by atoms with E-state index in [1.165, 1.54) is 13.8 Å². The fourth-order valence-corrected chi connectivity index (χ4v) is 5.85. The van der Waals surface area contributed by atoms with Gasteiger partial charge in [0.25, 0.3) is 0 Å². The van der Waals surface area contributed by atoms with Crippen LogP contribution in [0, 0.1) is 23.2 Å². The van der Waals surface area contributed by atoms with Crippen molar-refractivity contribution in [3.8, 4) is 0 Å². The van der Waals surface area contributed by atoms with E-state index in [0.717, 1.165) is 0 Å². The number of carbonyl (C=O) groups excluding carboxylic acids is 3. The lowest BCUT2D eigenvalue weighted by Gasteiger charge is -2.40. The van der Waals surface area contributed by atoms with Crippen molar-refractivity contribution in [2.45, 2.75) is 91.3 Å². The molecular formula is C31H42O8. The maximum atomic E-state index is 13.1. The number of aliphatic hydroxyl groups excluding tert-OH is 1. The molecule has 0 radical (unpaired) electrons. The van der Waals surface area contributed by atoms with Gasteiger partial charge in [0, 0.05) is 37.5 Å². The van der Waals surface area contributed by atoms with Gasteiger partial charge in [0.1, 0.15) is 23.9 Å². The Morgan fingerprint density at radius 2 is 1.59 bits per heavy atom. The summed E-state index contributed by atoms with van der Waals surface area (Å²) in [5.41, 5.74) is -1.34. The molecule has 0 heterocycles. The topological polar surface area (TPSA) is 119 Å². The van der Waals surface area contributed by atoms with Crippen molar-refractivity contribution in [2.24, 2.45) is 23.2 Å². The van der Waals surface area contributed by atoms with E-state index in [2.05, 4.69) is 0 Å². The van der Waals surface area contributed by atoms with Crippen molar-refractivity contribution in [2.75, 3.05) is 0 Å². The second-order valence-electron chi connectivity index (χ2n) is 11.8. The van der Waals surface area contributed by atoms with Crippen LogP contribution in [0.5, 0.6) is 0 Å². The Morgan fingerprint density at radius 3 is 2.18 bits per heavy atom. The highest BCUT2D eigenvalue weighted by Gasteiger charge is 2.58. The highest BCUT2D eigenvalue weighted by Crippen LogP contribution is 2.48. The number of benzene rings is 1. The average Bonchev–Trinajstić information content (AvgIpc) is 3.09. The summed E-state index contributed by atoms with van der Waals surface area (Å²) in [6.45, 7) is 11.9. The van der Waals surface area contributed by atoms with Crippen LogP contribution in [0.4, 0.5) is 0 Å². The molecule has 1 saturated carbocycles. The third-order valence-corrected chi connectivity index (χ3v) is 8.03. The minimum atomic E-state index is -1.59. The molecular weight excluding hydrogens is 500 g/mol. The Hall–Kier alpha value is -2.97. The molecule has 8 atom stereocenters. The molecule has 1 fully saturated rings. The van der Waals surface area contributed by atoms with E-state index in [4.69, 9.17) is 14.2 Å². The fraction of sp³-hybridized carbons (Fsp3) is 0.581. The van der Waals surface area contributed by atoms with Crippen LogP contribution in [0.2, 0.25) is 0 Å². The maximum absolute atomic E-state index is 13.1. The Labute approximate surface area is 231 Å². The number of hydrogen-bond donors (Lipinski definition) is 2. The van der Waals surface area contributed by atoms with Crippen LogP contribution in [0.1, 0.15) is 71.7 Å². The molecule has 0 aromatic heterocycles. The molecule has 0 bridgehead atoms. The minimum absolute atomic E-state index is 0.135. The first-order valence-corrected chi connectivity index (χ1v) is 13.5. The van der Waals surface area contributed by atoms with Gasteiger partial charge < -0.3 is 24.4 Å². The number of carbonyl (C=O) groups is 3. The summed E-state index contributed by atoms with van der Waals surface area (Å²) in [4.78, 5) is 37.2. The predicted octanol–water partition coefficient (Wildman–Crippen LogP) is 4.39. The zero-order chi connectivity index (χ0) is 29.1. The second kappa shape index (κ2) is 12.0. The van der Waals surface area contributed by atoms with E-state index in [1.54, 1.807) is 43.3 Å². The van der Waals surface area contributed by atoms with Crippen LogP contribution in [0.25, 0.3) is 0 Å². The van der Waals surface area contributed by atoms with E-state index in [1.807, 2.05) is 39.8 Å². The van der Waals surface area contributed by atoms with Crippen LogP contribution in [0.3, 0.4) is 0 Å². The first kappa shape index (κ1) is 30.6. The van der Waals surface area contributed by atoms with Gasteiger partial charge in [0.15, 0.2) is 0 Å². The molecule has 2 aliphatic carbocycles. The van der Waals surface area contributed by atoms with Gasteiger partial charge >= 0.3 is 17.9 Å². The molecule has 8 heteroatoms. The highest BCUT2D eigenvalue weighted by atomic mass is 16.6. The van der Waals surface area contributed by atoms with Crippen molar-refractivity contribution in [1.82, 2.24) is 0 Å². The summed E-state index contributed by atoms with van der Waals surface area (Å²) in [5, 5.41) is 23.5. The minimum Gasteiger partial charge on any atom is -0.462 e. The van der Waals surface area contributed by atoms with E-state index in [-0.39, 0.29) is 18.8 Å². The number of ether oxygens (including phenoxy) is 3. The molecule has 214 valence electrons. The molecule has 39 heavy (non-hydrogen) atoms. The number of aliphatic hydroxyl groups is 2. The first-order valence-electron chi connectivity index (χ1n) is 13.5. The van der Waals surface area contributed by atoms with Crippen molar-refractivity contribution in [3.05, 3.63) is 59.7 Å². The van der Waals surface area contributed by atoms with Gasteiger partial charge in [-0.05, 0) is 37.0 Å². The zero-order valence-corrected chi connectivity index (χ0v) is 23.9. The van der Waals surface area contributed by atoms with Crippen LogP contribution < -0.4 is 0 Å². The van der Waals surface area contributed by atoms with Crippen LogP contribution >= 0.6 is 0 Å². The van der Waals surface area contributed by atoms with Crippen molar-refractivity contribution in [1.29, 1.82) is 0 Å². The summed E-state index contributed by atoms with van der Waals surface area (Å²) in [6.07, 6.45) is 2.43. The van der Waals surface area contributed by atoms with Gasteiger partial charge in [0.05, 0.1) is 11.7 Å². The number of rotatable bonds is 4. The van der Waals surface area contributed by atoms with Crippen molar-refractivity contribution < 1.29 is 38.8 Å². The van der Waals surface area contributed by atoms with Crippen LogP contribution in [0.15, 0.2) is 54.1 Å². The van der Waals surface area contributed by atoms with E-state index in [0.29, 0.717) is 11.1 Å². The van der Waals surface area contributed by atoms with Crippen LogP contribution in [-0.2, 0) is 23.8 Å². The third kappa shape index (κ3) is 6.97. The molecule has 2 N–H and O–H groups in total. The van der Waals surface area contributed by atoms with Crippen molar-refractivity contribution >= 4 is 17.9 Å². The molecule has 0 spiro atoms. The van der Waals surface area contributed by atoms with Gasteiger partial charge in [-0.3, -0.25) is 9.59 Å². The fourth-order valence-electron chi connectivity index (χ4n) is 5.85. The predicted molar refractivity (Wildman–Crippen MR) is 145 cm³/mol. The SMILES string of the molecule is CC(=O)O[C@@H]1C[C@@H](O)/C(C)=C\[C@H]2[C@@H](OC(=O)c3ccccc3)[C@@H](C)C[C@]2(O)[C@@H](OC(C)=O)[C@@H](C)/C=C\C1(C)C. The van der Waals surface area contributed by atoms with Gasteiger partial charge in [-0.2, -0.15) is 0 Å². The molecule has 0 aliphatic heterocycles. The van der Waals surface area contributed by atoms with E-state index < -0.39 is 65.2 Å². The largest absolute Gasteiger partial charge is 0.462 e. The summed E-state index contributed by atoms with van der Waals surface area (Å²) in [6, 6.07) is 8.61. The van der Waals surface area contributed by atoms with Gasteiger partial charge in [-0.1, -0.05) is 64.1 Å². The van der Waals surface area contributed by atoms with Gasteiger partial charge in [-0.25, -0.2) is 4.79 Å². The Kier molecular flexibility index (Phi) is 9.44. The average molecular weight is 543 g/mol. The lowest BCUT2D eigenvalue weighted by Crippen LogP contribution is -2.52. The van der Waals surface area contributed by atoms with E-state index in [9.17, 15) is 24.6 Å². The molecule has 0 saturated heterocycles. The molecule has 3 rings (SSSR count). The number of esters is 3.